The molecule has 0 amide bonds. The number of rotatable bonds is 6. The van der Waals surface area contributed by atoms with Crippen molar-refractivity contribution in [3.05, 3.63) is 29.8 Å². The summed E-state index contributed by atoms with van der Waals surface area (Å²) in [6, 6.07) is 3.98. The molecule has 0 radical (unpaired) electrons. The Hall–Kier alpha value is -1.89. The smallest absolute Gasteiger partial charge is 0.191 e. The summed E-state index contributed by atoms with van der Waals surface area (Å²) in [5, 5.41) is 6.80. The number of hydrogen-bond acceptors (Lipinski definition) is 3. The highest BCUT2D eigenvalue weighted by atomic mass is 19.1. The molecule has 1 aromatic carbocycles. The summed E-state index contributed by atoms with van der Waals surface area (Å²) in [4.78, 5) is 9.21. The molecule has 2 fully saturated rings. The molecule has 150 valence electrons. The molecule has 3 rings (SSSR count). The first-order valence-electron chi connectivity index (χ1n) is 10.1. The van der Waals surface area contributed by atoms with Crippen LogP contribution in [0.5, 0.6) is 0 Å². The molecule has 2 aliphatic heterocycles. The van der Waals surface area contributed by atoms with E-state index in [1.54, 1.807) is 0 Å². The fraction of sp³-hybridized carbons (Fsp3) is 0.650. The second kappa shape index (κ2) is 9.35. The molecular formula is C20H31F2N5. The van der Waals surface area contributed by atoms with Crippen LogP contribution in [0.4, 0.5) is 14.5 Å². The van der Waals surface area contributed by atoms with Crippen molar-refractivity contribution in [2.45, 2.75) is 32.7 Å². The van der Waals surface area contributed by atoms with E-state index in [0.717, 1.165) is 51.2 Å². The molecular weight excluding hydrogens is 348 g/mol. The maximum Gasteiger partial charge on any atom is 0.191 e. The molecule has 0 saturated carbocycles. The number of nitrogens with one attached hydrogen (secondary N) is 2. The van der Waals surface area contributed by atoms with Gasteiger partial charge in [0.1, 0.15) is 11.6 Å². The Morgan fingerprint density at radius 1 is 1.19 bits per heavy atom. The van der Waals surface area contributed by atoms with Gasteiger partial charge in [-0.3, -0.25) is 4.99 Å². The van der Waals surface area contributed by atoms with Crippen molar-refractivity contribution in [2.75, 3.05) is 50.7 Å². The lowest BCUT2D eigenvalue weighted by atomic mass is 10.1. The Morgan fingerprint density at radius 3 is 2.74 bits per heavy atom. The van der Waals surface area contributed by atoms with Crippen molar-refractivity contribution in [3.63, 3.8) is 0 Å². The standard InChI is InChI=1S/C20H31F2N5/c1-3-23-20(24-12-15-7-9-26(4-2)13-15)25-17-8-10-27(14-17)19-6-5-16(21)11-18(19)22/h5-6,11,15,17H,3-4,7-10,12-14H2,1-2H3,(H2,23,24,25). The quantitative estimate of drug-likeness (QED) is 0.589. The third-order valence-electron chi connectivity index (χ3n) is 5.45. The van der Waals surface area contributed by atoms with Gasteiger partial charge in [0.25, 0.3) is 0 Å². The zero-order valence-electron chi connectivity index (χ0n) is 16.3. The van der Waals surface area contributed by atoms with Crippen molar-refractivity contribution < 1.29 is 8.78 Å². The van der Waals surface area contributed by atoms with E-state index in [1.807, 2.05) is 4.90 Å². The Balaban J connectivity index is 1.55. The van der Waals surface area contributed by atoms with Gasteiger partial charge >= 0.3 is 0 Å². The molecule has 0 bridgehead atoms. The lowest BCUT2D eigenvalue weighted by Crippen LogP contribution is -2.45. The molecule has 2 atom stereocenters. The number of hydrogen-bond donors (Lipinski definition) is 2. The molecule has 2 aliphatic rings. The first-order valence-corrected chi connectivity index (χ1v) is 10.1. The van der Waals surface area contributed by atoms with Crippen molar-refractivity contribution in [2.24, 2.45) is 10.9 Å². The topological polar surface area (TPSA) is 42.9 Å². The van der Waals surface area contributed by atoms with Crippen LogP contribution >= 0.6 is 0 Å². The first kappa shape index (κ1) is 19.9. The van der Waals surface area contributed by atoms with E-state index in [0.29, 0.717) is 18.2 Å². The van der Waals surface area contributed by atoms with Crippen LogP contribution < -0.4 is 15.5 Å². The van der Waals surface area contributed by atoms with Gasteiger partial charge in [-0.05, 0) is 50.9 Å². The summed E-state index contributed by atoms with van der Waals surface area (Å²) in [5.74, 6) is 0.408. The van der Waals surface area contributed by atoms with Crippen LogP contribution in [-0.2, 0) is 0 Å². The van der Waals surface area contributed by atoms with Gasteiger partial charge in [0.05, 0.1) is 5.69 Å². The third-order valence-corrected chi connectivity index (χ3v) is 5.45. The molecule has 2 heterocycles. The molecule has 1 aromatic rings. The average Bonchev–Trinajstić information content (AvgIpc) is 3.29. The molecule has 2 N–H and O–H groups in total. The van der Waals surface area contributed by atoms with Gasteiger partial charge in [-0.1, -0.05) is 6.92 Å². The van der Waals surface area contributed by atoms with Crippen LogP contribution in [0.3, 0.4) is 0 Å². The normalized spacial score (nSPS) is 23.9. The minimum atomic E-state index is -0.541. The van der Waals surface area contributed by atoms with E-state index in [4.69, 9.17) is 4.99 Å². The second-order valence-corrected chi connectivity index (χ2v) is 7.44. The summed E-state index contributed by atoms with van der Waals surface area (Å²) in [7, 11) is 0. The van der Waals surface area contributed by atoms with Gasteiger partial charge in [0.2, 0.25) is 0 Å². The monoisotopic (exact) mass is 379 g/mol. The minimum absolute atomic E-state index is 0.197. The largest absolute Gasteiger partial charge is 0.367 e. The molecule has 2 unspecified atom stereocenters. The van der Waals surface area contributed by atoms with E-state index >= 15 is 0 Å². The second-order valence-electron chi connectivity index (χ2n) is 7.44. The van der Waals surface area contributed by atoms with Crippen LogP contribution in [-0.4, -0.2) is 62.7 Å². The molecule has 27 heavy (non-hydrogen) atoms. The fourth-order valence-electron chi connectivity index (χ4n) is 3.92. The van der Waals surface area contributed by atoms with Crippen molar-refractivity contribution >= 4 is 11.6 Å². The Morgan fingerprint density at radius 2 is 2.04 bits per heavy atom. The van der Waals surface area contributed by atoms with Crippen molar-refractivity contribution in [1.29, 1.82) is 0 Å². The number of nitrogens with zero attached hydrogens (tertiary/aromatic N) is 3. The van der Waals surface area contributed by atoms with Crippen LogP contribution in [0.15, 0.2) is 23.2 Å². The van der Waals surface area contributed by atoms with Gasteiger partial charge in [-0.15, -0.1) is 0 Å². The van der Waals surface area contributed by atoms with Gasteiger partial charge < -0.3 is 20.4 Å². The number of anilines is 1. The molecule has 0 spiro atoms. The van der Waals surface area contributed by atoms with E-state index < -0.39 is 11.6 Å². The lowest BCUT2D eigenvalue weighted by Gasteiger charge is -2.21. The first-order chi connectivity index (χ1) is 13.1. The SMILES string of the molecule is CCNC(=NCC1CCN(CC)C1)NC1CCN(c2ccc(F)cc2F)C1. The highest BCUT2D eigenvalue weighted by Crippen LogP contribution is 2.24. The van der Waals surface area contributed by atoms with Gasteiger partial charge in [0.15, 0.2) is 5.96 Å². The average molecular weight is 379 g/mol. The molecule has 5 nitrogen and oxygen atoms in total. The molecule has 7 heteroatoms. The van der Waals surface area contributed by atoms with Crippen LogP contribution in [0.2, 0.25) is 0 Å². The third kappa shape index (κ3) is 5.31. The predicted molar refractivity (Wildman–Crippen MR) is 106 cm³/mol. The van der Waals surface area contributed by atoms with Crippen LogP contribution in [0.25, 0.3) is 0 Å². The summed E-state index contributed by atoms with van der Waals surface area (Å²) >= 11 is 0. The summed E-state index contributed by atoms with van der Waals surface area (Å²) < 4.78 is 27.2. The number of guanidine groups is 1. The van der Waals surface area contributed by atoms with Gasteiger partial charge in [-0.2, -0.15) is 0 Å². The summed E-state index contributed by atoms with van der Waals surface area (Å²) in [6.45, 7) is 10.7. The molecule has 2 saturated heterocycles. The van der Waals surface area contributed by atoms with Crippen molar-refractivity contribution in [1.82, 2.24) is 15.5 Å². The van der Waals surface area contributed by atoms with Crippen LogP contribution in [0, 0.1) is 17.6 Å². The highest BCUT2D eigenvalue weighted by Gasteiger charge is 2.26. The van der Waals surface area contributed by atoms with Gasteiger partial charge in [0, 0.05) is 44.8 Å². The molecule has 0 aliphatic carbocycles. The molecule has 0 aromatic heterocycles. The number of halogens is 2. The maximum atomic E-state index is 14.0. The van der Waals surface area contributed by atoms with Gasteiger partial charge in [-0.25, -0.2) is 8.78 Å². The van der Waals surface area contributed by atoms with E-state index in [9.17, 15) is 8.78 Å². The van der Waals surface area contributed by atoms with Crippen molar-refractivity contribution in [3.8, 4) is 0 Å². The minimum Gasteiger partial charge on any atom is -0.367 e. The van der Waals surface area contributed by atoms with Crippen LogP contribution in [0.1, 0.15) is 26.7 Å². The number of benzene rings is 1. The number of aliphatic imine (C=N–C) groups is 1. The highest BCUT2D eigenvalue weighted by molar-refractivity contribution is 5.80. The fourth-order valence-corrected chi connectivity index (χ4v) is 3.92. The summed E-state index contributed by atoms with van der Waals surface area (Å²) in [5.41, 5.74) is 0.466. The van der Waals surface area contributed by atoms with E-state index in [1.165, 1.54) is 25.1 Å². The number of likely N-dealkylation sites (tertiary alicyclic amines) is 1. The zero-order chi connectivity index (χ0) is 19.2. The zero-order valence-corrected chi connectivity index (χ0v) is 16.3. The van der Waals surface area contributed by atoms with E-state index in [-0.39, 0.29) is 6.04 Å². The maximum absolute atomic E-state index is 14.0. The predicted octanol–water partition coefficient (Wildman–Crippen LogP) is 2.44. The lowest BCUT2D eigenvalue weighted by molar-refractivity contribution is 0.343. The van der Waals surface area contributed by atoms with E-state index in [2.05, 4.69) is 29.4 Å². The Labute approximate surface area is 160 Å². The summed E-state index contributed by atoms with van der Waals surface area (Å²) in [6.07, 6.45) is 2.10. The Kier molecular flexibility index (Phi) is 6.88. The Bertz CT molecular complexity index is 651.